The molecule has 11 heavy (non-hydrogen) atoms. The first kappa shape index (κ1) is 8.78. The molecule has 0 heterocycles. The first-order valence-corrected chi connectivity index (χ1v) is 5.27. The lowest BCUT2D eigenvalue weighted by Crippen LogP contribution is -1.91. The Kier molecular flexibility index (Phi) is 2.71. The number of rotatable bonds is 3. The molecule has 1 aliphatic carbocycles. The van der Waals surface area contributed by atoms with Crippen LogP contribution in [0.25, 0.3) is 0 Å². The average molecular weight is 174 g/mol. The minimum atomic E-state index is -2.18. The van der Waals surface area contributed by atoms with Gasteiger partial charge >= 0.3 is 0 Å². The lowest BCUT2D eigenvalue weighted by atomic mass is 10.3. The molecule has 1 saturated carbocycles. The van der Waals surface area contributed by atoms with Gasteiger partial charge in [-0.1, -0.05) is 19.1 Å². The molecule has 64 valence electrons. The third-order valence-corrected chi connectivity index (χ3v) is 3.13. The third-order valence-electron chi connectivity index (χ3n) is 2.41. The van der Waals surface area contributed by atoms with Crippen LogP contribution < -0.4 is 0 Å². The molecule has 2 nitrogen and oxygen atoms in total. The number of hydrogen-bond donors (Lipinski definition) is 1. The van der Waals surface area contributed by atoms with Crippen LogP contribution in [-0.2, 0) is 10.7 Å². The van der Waals surface area contributed by atoms with Gasteiger partial charge in [0.1, 0.15) is 10.7 Å². The van der Waals surface area contributed by atoms with E-state index in [0.29, 0.717) is 23.5 Å². The second-order valence-corrected chi connectivity index (χ2v) is 4.17. The van der Waals surface area contributed by atoms with Crippen molar-refractivity contribution >= 4 is 10.7 Å². The van der Waals surface area contributed by atoms with Gasteiger partial charge in [-0.15, -0.1) is 0 Å². The van der Waals surface area contributed by atoms with Gasteiger partial charge in [0.25, 0.3) is 0 Å². The highest BCUT2D eigenvalue weighted by atomic mass is 32.2. The molecule has 3 atom stereocenters. The largest absolute Gasteiger partial charge is 0.232 e. The predicted molar refractivity (Wildman–Crippen MR) is 46.1 cm³/mol. The van der Waals surface area contributed by atoms with E-state index < -0.39 is 10.7 Å². The molecule has 0 aromatic heterocycles. The molecule has 0 radical (unpaired) electrons. The Morgan fingerprint density at radius 3 is 2.55 bits per heavy atom. The molecule has 1 fully saturated rings. The Morgan fingerprint density at radius 1 is 1.45 bits per heavy atom. The quantitative estimate of drug-likeness (QED) is 0.512. The second kappa shape index (κ2) is 3.39. The molecule has 3 unspecified atom stereocenters. The van der Waals surface area contributed by atoms with Gasteiger partial charge in [0, 0.05) is 0 Å². The maximum absolute atomic E-state index is 10.4. The van der Waals surface area contributed by atoms with Gasteiger partial charge in [0.05, 0.1) is 5.75 Å². The fourth-order valence-corrected chi connectivity index (χ4v) is 2.50. The molecule has 0 saturated heterocycles. The molecular formula is C8H14O2S. The van der Waals surface area contributed by atoms with Crippen molar-refractivity contribution in [1.29, 1.82) is 0 Å². The van der Waals surface area contributed by atoms with Gasteiger partial charge in [-0.3, -0.25) is 0 Å². The Labute approximate surface area is 69.3 Å². The topological polar surface area (TPSA) is 34.1 Å². The summed E-state index contributed by atoms with van der Waals surface area (Å²) in [6.45, 7) is 4.08. The van der Waals surface area contributed by atoms with Crippen LogP contribution in [0.2, 0.25) is 0 Å². The molecule has 1 rings (SSSR count). The Hall–Kier alpha value is -0.310. The van der Waals surface area contributed by atoms with Gasteiger partial charge in [-0.25, -0.2) is 8.42 Å². The van der Waals surface area contributed by atoms with Crippen molar-refractivity contribution in [2.24, 2.45) is 17.8 Å². The summed E-state index contributed by atoms with van der Waals surface area (Å²) in [4.78, 5) is 0. The van der Waals surface area contributed by atoms with Crippen molar-refractivity contribution in [3.63, 3.8) is 0 Å². The average Bonchev–Trinajstić information content (AvgIpc) is 2.45. The highest BCUT2D eigenvalue weighted by molar-refractivity contribution is 7.72. The normalized spacial score (nSPS) is 36.8. The number of thiol groups is 1. The van der Waals surface area contributed by atoms with Gasteiger partial charge in [0.2, 0.25) is 0 Å². The molecule has 0 bridgehead atoms. The van der Waals surface area contributed by atoms with E-state index in [1.165, 1.54) is 0 Å². The molecule has 0 aromatic carbocycles. The zero-order valence-electron chi connectivity index (χ0n) is 6.86. The standard InChI is InChI=1S/C8H14O2S/c1-3-4-7-6(2)8(7)5-11(9)10/h3-4,6-8,11H,5H2,1-2H3/b4-3+. The maximum Gasteiger partial charge on any atom is 0.140 e. The third kappa shape index (κ3) is 2.06. The van der Waals surface area contributed by atoms with Crippen molar-refractivity contribution in [1.82, 2.24) is 0 Å². The molecule has 0 amide bonds. The van der Waals surface area contributed by atoms with Crippen molar-refractivity contribution in [3.05, 3.63) is 12.2 Å². The van der Waals surface area contributed by atoms with Crippen LogP contribution in [0.3, 0.4) is 0 Å². The van der Waals surface area contributed by atoms with Crippen LogP contribution in [0, 0.1) is 17.8 Å². The molecule has 1 aliphatic rings. The predicted octanol–water partition coefficient (Wildman–Crippen LogP) is 1.06. The van der Waals surface area contributed by atoms with Crippen LogP contribution in [-0.4, -0.2) is 14.2 Å². The minimum Gasteiger partial charge on any atom is -0.232 e. The second-order valence-electron chi connectivity index (χ2n) is 3.14. The smallest absolute Gasteiger partial charge is 0.140 e. The van der Waals surface area contributed by atoms with Gasteiger partial charge in [0.15, 0.2) is 0 Å². The molecule has 0 aromatic rings. The Balaban J connectivity index is 2.41. The summed E-state index contributed by atoms with van der Waals surface area (Å²) in [6, 6.07) is 0. The van der Waals surface area contributed by atoms with E-state index >= 15 is 0 Å². The lowest BCUT2D eigenvalue weighted by Gasteiger charge is -1.84. The summed E-state index contributed by atoms with van der Waals surface area (Å²) in [5.74, 6) is 1.85. The summed E-state index contributed by atoms with van der Waals surface area (Å²) in [5, 5.41) is 0. The van der Waals surface area contributed by atoms with E-state index in [9.17, 15) is 8.42 Å². The highest BCUT2D eigenvalue weighted by Gasteiger charge is 2.44. The monoisotopic (exact) mass is 174 g/mol. The SMILES string of the molecule is C/C=C/C1C(C)C1C[SH](=O)=O. The summed E-state index contributed by atoms with van der Waals surface area (Å²) < 4.78 is 20.7. The number of allylic oxidation sites excluding steroid dienone is 2. The fourth-order valence-electron chi connectivity index (χ4n) is 1.58. The molecular weight excluding hydrogens is 160 g/mol. The summed E-state index contributed by atoms with van der Waals surface area (Å²) in [7, 11) is -2.18. The van der Waals surface area contributed by atoms with E-state index in [2.05, 4.69) is 13.0 Å². The summed E-state index contributed by atoms with van der Waals surface area (Å²) in [6.07, 6.45) is 4.10. The van der Waals surface area contributed by atoms with Gasteiger partial charge in [-0.05, 0) is 24.7 Å². The maximum atomic E-state index is 10.4. The minimum absolute atomic E-state index is 0.367. The van der Waals surface area contributed by atoms with E-state index in [1.54, 1.807) is 0 Å². The van der Waals surface area contributed by atoms with Crippen LogP contribution in [0.5, 0.6) is 0 Å². The molecule has 0 aliphatic heterocycles. The number of hydrogen-bond acceptors (Lipinski definition) is 2. The van der Waals surface area contributed by atoms with Crippen LogP contribution in [0.4, 0.5) is 0 Å². The van der Waals surface area contributed by atoms with Crippen LogP contribution in [0.15, 0.2) is 12.2 Å². The molecule has 0 N–H and O–H groups in total. The zero-order chi connectivity index (χ0) is 8.43. The van der Waals surface area contributed by atoms with E-state index in [-0.39, 0.29) is 0 Å². The molecule has 3 heteroatoms. The van der Waals surface area contributed by atoms with Gasteiger partial charge < -0.3 is 0 Å². The first-order chi connectivity index (χ1) is 5.16. The van der Waals surface area contributed by atoms with Gasteiger partial charge in [-0.2, -0.15) is 0 Å². The van der Waals surface area contributed by atoms with Crippen molar-refractivity contribution in [2.75, 3.05) is 5.75 Å². The van der Waals surface area contributed by atoms with Crippen molar-refractivity contribution < 1.29 is 8.42 Å². The van der Waals surface area contributed by atoms with Crippen LogP contribution >= 0.6 is 0 Å². The Bertz CT molecular complexity index is 222. The molecule has 0 spiro atoms. The van der Waals surface area contributed by atoms with E-state index in [0.717, 1.165) is 0 Å². The first-order valence-electron chi connectivity index (χ1n) is 3.91. The fraction of sp³-hybridized carbons (Fsp3) is 0.750. The summed E-state index contributed by atoms with van der Waals surface area (Å²) in [5.41, 5.74) is 0. The van der Waals surface area contributed by atoms with E-state index in [1.807, 2.05) is 13.0 Å². The summed E-state index contributed by atoms with van der Waals surface area (Å²) >= 11 is 0. The zero-order valence-corrected chi connectivity index (χ0v) is 7.75. The lowest BCUT2D eigenvalue weighted by molar-refractivity contribution is 0.608. The van der Waals surface area contributed by atoms with Crippen molar-refractivity contribution in [3.8, 4) is 0 Å². The van der Waals surface area contributed by atoms with Crippen molar-refractivity contribution in [2.45, 2.75) is 13.8 Å². The highest BCUT2D eigenvalue weighted by Crippen LogP contribution is 2.46. The van der Waals surface area contributed by atoms with E-state index in [4.69, 9.17) is 0 Å². The van der Waals surface area contributed by atoms with Crippen LogP contribution in [0.1, 0.15) is 13.8 Å². The Morgan fingerprint density at radius 2 is 2.09 bits per heavy atom.